The van der Waals surface area contributed by atoms with E-state index in [4.69, 9.17) is 31.1 Å². The van der Waals surface area contributed by atoms with Crippen molar-refractivity contribution in [3.8, 4) is 45.5 Å². The Morgan fingerprint density at radius 2 is 0.923 bits per heavy atom. The number of nitrogens with zero attached hydrogens (tertiary/aromatic N) is 6. The Hall–Kier alpha value is -7.36. The lowest BCUT2D eigenvalue weighted by Gasteiger charge is -2.19. The Kier molecular flexibility index (Phi) is 5.12. The summed E-state index contributed by atoms with van der Waals surface area (Å²) in [4.78, 5) is 18.9. The highest BCUT2D eigenvalue weighted by atomic mass is 15.1. The smallest absolute Gasteiger partial charge is 0.211 e. The molecule has 0 aliphatic heterocycles. The average Bonchev–Trinajstić information content (AvgIpc) is 3.83. The predicted octanol–water partition coefficient (Wildman–Crippen LogP) is 11.6. The van der Waals surface area contributed by atoms with E-state index in [1.807, 2.05) is 72.8 Å². The first-order valence-electron chi connectivity index (χ1n) is 20.5. The van der Waals surface area contributed by atoms with E-state index in [0.29, 0.717) is 66.6 Å². The van der Waals surface area contributed by atoms with Crippen molar-refractivity contribution in [2.75, 3.05) is 0 Å². The molecule has 0 atom stereocenters. The van der Waals surface area contributed by atoms with Gasteiger partial charge < -0.3 is 9.13 Å². The topological polar surface area (TPSA) is 52.9 Å². The van der Waals surface area contributed by atoms with Gasteiger partial charge in [0.05, 0.1) is 51.0 Å². The van der Waals surface area contributed by atoms with Crippen molar-refractivity contribution in [2.24, 2.45) is 0 Å². The summed E-state index contributed by atoms with van der Waals surface area (Å²) in [6.45, 7) is 8.61. The standard InChI is InChI=1S/C46H28N6/c1-47-37-28-36(46-49-44(30-16-4-2-5-17-30)48-45(50-46)31-18-6-3-7-19-31)42(51-38-24-12-8-20-32(38)33-21-9-13-25-39(33)51)29-43(37)52-40-26-14-10-22-34(40)35-23-11-15-27-41(35)52/h2-29H/i8D,10D,12D,14D,20D,22D,24D,26D. The molecule has 0 amide bonds. The molecule has 10 rings (SSSR count). The Labute approximate surface area is 310 Å². The number of hydrogen-bond donors (Lipinski definition) is 0. The van der Waals surface area contributed by atoms with Crippen molar-refractivity contribution in [3.63, 3.8) is 0 Å². The molecule has 0 aliphatic carbocycles. The van der Waals surface area contributed by atoms with Gasteiger partial charge >= 0.3 is 0 Å². The maximum Gasteiger partial charge on any atom is 0.211 e. The van der Waals surface area contributed by atoms with E-state index < -0.39 is 12.1 Å². The summed E-state index contributed by atoms with van der Waals surface area (Å²) in [5, 5.41) is 1.72. The van der Waals surface area contributed by atoms with Gasteiger partial charge in [-0.25, -0.2) is 19.8 Å². The third-order valence-corrected chi connectivity index (χ3v) is 9.25. The van der Waals surface area contributed by atoms with Crippen LogP contribution in [0.25, 0.3) is 94.0 Å². The van der Waals surface area contributed by atoms with Crippen LogP contribution in [0.5, 0.6) is 0 Å². The quantitative estimate of drug-likeness (QED) is 0.171. The molecule has 6 nitrogen and oxygen atoms in total. The lowest BCUT2D eigenvalue weighted by molar-refractivity contribution is 1.06. The largest absolute Gasteiger partial charge is 0.319 e. The van der Waals surface area contributed by atoms with Crippen LogP contribution in [-0.2, 0) is 0 Å². The van der Waals surface area contributed by atoms with E-state index in [-0.39, 0.29) is 64.5 Å². The molecule has 0 spiro atoms. The van der Waals surface area contributed by atoms with Crippen LogP contribution in [0.4, 0.5) is 5.69 Å². The molecule has 0 radical (unpaired) electrons. The number of hydrogen-bond acceptors (Lipinski definition) is 3. The molecule has 0 fully saturated rings. The van der Waals surface area contributed by atoms with Crippen molar-refractivity contribution in [1.29, 1.82) is 0 Å². The lowest BCUT2D eigenvalue weighted by Crippen LogP contribution is -2.05. The van der Waals surface area contributed by atoms with Crippen LogP contribution < -0.4 is 0 Å². The van der Waals surface area contributed by atoms with E-state index in [1.165, 1.54) is 0 Å². The van der Waals surface area contributed by atoms with Crippen LogP contribution in [0.3, 0.4) is 0 Å². The zero-order valence-electron chi connectivity index (χ0n) is 35.2. The molecular weight excluding hydrogens is 637 g/mol. The second-order valence-corrected chi connectivity index (χ2v) is 12.2. The fourth-order valence-corrected chi connectivity index (χ4v) is 6.97. The summed E-state index contributed by atoms with van der Waals surface area (Å²) < 4.78 is 74.5. The first-order valence-corrected chi connectivity index (χ1v) is 16.5. The molecule has 10 aromatic rings. The maximum atomic E-state index is 9.31. The Morgan fingerprint density at radius 1 is 0.462 bits per heavy atom. The highest BCUT2D eigenvalue weighted by Crippen LogP contribution is 2.42. The van der Waals surface area contributed by atoms with E-state index >= 15 is 0 Å². The normalized spacial score (nSPS) is 13.6. The average molecular weight is 673 g/mol. The minimum Gasteiger partial charge on any atom is -0.319 e. The van der Waals surface area contributed by atoms with E-state index in [1.54, 1.807) is 57.7 Å². The van der Waals surface area contributed by atoms with Gasteiger partial charge in [0.15, 0.2) is 17.5 Å². The monoisotopic (exact) mass is 672 g/mol. The summed E-state index contributed by atoms with van der Waals surface area (Å²) in [7, 11) is 0. The van der Waals surface area contributed by atoms with E-state index in [0.717, 1.165) is 0 Å². The van der Waals surface area contributed by atoms with Gasteiger partial charge in [0, 0.05) is 38.2 Å². The zero-order chi connectivity index (χ0) is 41.6. The molecule has 52 heavy (non-hydrogen) atoms. The molecule has 6 heteroatoms. The second kappa shape index (κ2) is 11.9. The van der Waals surface area contributed by atoms with Gasteiger partial charge in [-0.2, -0.15) is 0 Å². The summed E-state index contributed by atoms with van der Waals surface area (Å²) >= 11 is 0. The van der Waals surface area contributed by atoms with Gasteiger partial charge in [0.1, 0.15) is 0 Å². The Morgan fingerprint density at radius 3 is 1.46 bits per heavy atom. The van der Waals surface area contributed by atoms with Crippen LogP contribution in [0.1, 0.15) is 11.0 Å². The molecule has 0 unspecified atom stereocenters. The lowest BCUT2D eigenvalue weighted by atomic mass is 10.1. The molecule has 3 heterocycles. The van der Waals surface area contributed by atoms with Gasteiger partial charge in [-0.1, -0.05) is 133 Å². The predicted molar refractivity (Wildman–Crippen MR) is 211 cm³/mol. The Balaban J connectivity index is 1.42. The van der Waals surface area contributed by atoms with Gasteiger partial charge in [0.25, 0.3) is 0 Å². The highest BCUT2D eigenvalue weighted by molar-refractivity contribution is 6.11. The zero-order valence-corrected chi connectivity index (χ0v) is 27.2. The molecule has 242 valence electrons. The highest BCUT2D eigenvalue weighted by Gasteiger charge is 2.23. The van der Waals surface area contributed by atoms with Gasteiger partial charge in [-0.3, -0.25) is 0 Å². The first kappa shape index (κ1) is 22.4. The molecule has 3 aromatic heterocycles. The fraction of sp³-hybridized carbons (Fsp3) is 0. The van der Waals surface area contributed by atoms with Crippen LogP contribution >= 0.6 is 0 Å². The number of benzene rings is 7. The summed E-state index contributed by atoms with van der Waals surface area (Å²) in [6.07, 6.45) is 0. The fourth-order valence-electron chi connectivity index (χ4n) is 6.97. The van der Waals surface area contributed by atoms with Crippen LogP contribution in [0.15, 0.2) is 170 Å². The van der Waals surface area contributed by atoms with Gasteiger partial charge in [-0.05, 0) is 36.4 Å². The molecule has 0 bridgehead atoms. The molecule has 0 saturated heterocycles. The molecule has 0 saturated carbocycles. The van der Waals surface area contributed by atoms with E-state index in [2.05, 4.69) is 4.85 Å². The number of para-hydroxylation sites is 4. The number of fused-ring (bicyclic) bond motifs is 6. The third kappa shape index (κ3) is 4.61. The van der Waals surface area contributed by atoms with Gasteiger partial charge in [-0.15, -0.1) is 0 Å². The molecule has 7 aromatic carbocycles. The first-order chi connectivity index (χ1) is 29.1. The minimum atomic E-state index is -0.428. The van der Waals surface area contributed by atoms with Crippen molar-refractivity contribution in [2.45, 2.75) is 0 Å². The second-order valence-electron chi connectivity index (χ2n) is 12.2. The molecular formula is C46H28N6. The Bertz CT molecular complexity index is 3430. The molecule has 0 N–H and O–H groups in total. The summed E-state index contributed by atoms with van der Waals surface area (Å²) in [5.41, 5.74) is 3.95. The maximum absolute atomic E-state index is 9.31. The number of aromatic nitrogens is 5. The summed E-state index contributed by atoms with van der Waals surface area (Å²) in [5.74, 6) is 0.910. The van der Waals surface area contributed by atoms with E-state index in [9.17, 15) is 1.37 Å². The van der Waals surface area contributed by atoms with Crippen LogP contribution in [-0.4, -0.2) is 24.1 Å². The van der Waals surface area contributed by atoms with Crippen LogP contribution in [0.2, 0.25) is 0 Å². The number of rotatable bonds is 5. The summed E-state index contributed by atoms with van der Waals surface area (Å²) in [6, 6.07) is 34.0. The van der Waals surface area contributed by atoms with Crippen molar-refractivity contribution in [3.05, 3.63) is 181 Å². The van der Waals surface area contributed by atoms with Crippen LogP contribution in [0, 0.1) is 6.57 Å². The van der Waals surface area contributed by atoms with Crippen molar-refractivity contribution in [1.82, 2.24) is 24.1 Å². The van der Waals surface area contributed by atoms with Crippen molar-refractivity contribution >= 4 is 49.3 Å². The molecule has 0 aliphatic rings. The SMILES string of the molecule is [2H]c1c([2H])c([2H])c2c(c1[2H])c1ccccc1n2-c1cc(-n2c3ccccc3c3c([2H])c([2H])c([2H])c([2H])c32)c(-c2nc(-c3ccccc3)nc(-c3ccccc3)n2)cc1[N+]#[C-]. The minimum absolute atomic E-state index is 0.106. The van der Waals surface area contributed by atoms with Gasteiger partial charge in [0.2, 0.25) is 5.69 Å². The third-order valence-electron chi connectivity index (χ3n) is 9.25. The van der Waals surface area contributed by atoms with Crippen molar-refractivity contribution < 1.29 is 11.0 Å².